The van der Waals surface area contributed by atoms with E-state index in [2.05, 4.69) is 31.4 Å². The van der Waals surface area contributed by atoms with Gasteiger partial charge in [-0.2, -0.15) is 0 Å². The van der Waals surface area contributed by atoms with E-state index in [0.717, 1.165) is 10.2 Å². The lowest BCUT2D eigenvalue weighted by Crippen LogP contribution is -2.23. The quantitative estimate of drug-likeness (QED) is 0.475. The molecule has 1 heterocycles. The van der Waals surface area contributed by atoms with Crippen molar-refractivity contribution in [2.75, 3.05) is 19.4 Å². The highest BCUT2D eigenvalue weighted by atomic mass is 79.9. The second-order valence-electron chi connectivity index (χ2n) is 7.05. The molecule has 0 unspecified atom stereocenters. The number of nitrogens with zero attached hydrogens (tertiary/aromatic N) is 4. The number of hydrogen-bond donors (Lipinski definition) is 1. The van der Waals surface area contributed by atoms with Crippen LogP contribution < -0.4 is 5.32 Å². The predicted octanol–water partition coefficient (Wildman–Crippen LogP) is 4.91. The number of thioether (sulfide) groups is 1. The Kier molecular flexibility index (Phi) is 7.27. The Labute approximate surface area is 188 Å². The van der Waals surface area contributed by atoms with Gasteiger partial charge in [0.05, 0.1) is 11.3 Å². The van der Waals surface area contributed by atoms with Crippen LogP contribution in [0.4, 0.5) is 10.1 Å². The number of amides is 1. The van der Waals surface area contributed by atoms with Crippen LogP contribution in [0.25, 0.3) is 5.69 Å². The summed E-state index contributed by atoms with van der Waals surface area (Å²) in [6, 6.07) is 13.6. The molecule has 0 bridgehead atoms. The molecule has 158 valence electrons. The van der Waals surface area contributed by atoms with Gasteiger partial charge in [0.15, 0.2) is 11.0 Å². The van der Waals surface area contributed by atoms with E-state index in [0.29, 0.717) is 16.7 Å². The fourth-order valence-electron chi connectivity index (χ4n) is 2.71. The van der Waals surface area contributed by atoms with Crippen LogP contribution in [-0.4, -0.2) is 44.9 Å². The van der Waals surface area contributed by atoms with Gasteiger partial charge in [-0.15, -0.1) is 10.2 Å². The van der Waals surface area contributed by atoms with Crippen LogP contribution in [0, 0.1) is 5.82 Å². The third kappa shape index (κ3) is 5.27. The monoisotopic (exact) mass is 491 g/mol. The van der Waals surface area contributed by atoms with Crippen molar-refractivity contribution in [2.45, 2.75) is 30.3 Å². The lowest BCUT2D eigenvalue weighted by molar-refractivity contribution is -0.115. The zero-order chi connectivity index (χ0) is 21.8. The summed E-state index contributed by atoms with van der Waals surface area (Å²) in [5.74, 6) is 0.257. The Hall–Kier alpha value is -2.23. The van der Waals surface area contributed by atoms with E-state index in [1.807, 2.05) is 61.7 Å². The van der Waals surface area contributed by atoms with Crippen LogP contribution in [0.2, 0.25) is 0 Å². The molecule has 0 fully saturated rings. The number of carbonyl (C=O) groups excluding carboxylic acids is 1. The third-order valence-corrected chi connectivity index (χ3v) is 6.17. The molecule has 3 rings (SSSR count). The number of aromatic nitrogens is 3. The SMILES string of the molecule is C[C@H](Sc1nnc([C@H](C)N(C)C)n1-c1ccc(F)cc1)C(=O)Nc1cccc(Br)c1. The number of anilines is 1. The van der Waals surface area contributed by atoms with Crippen LogP contribution in [0.1, 0.15) is 25.7 Å². The molecule has 2 aromatic carbocycles. The number of hydrogen-bond acceptors (Lipinski definition) is 5. The first kappa shape index (κ1) is 22.5. The smallest absolute Gasteiger partial charge is 0.237 e. The molecule has 3 aromatic rings. The Balaban J connectivity index is 1.87. The standard InChI is InChI=1S/C21H23BrFN5OS/c1-13(27(3)4)19-25-26-21(28(19)18-10-8-16(23)9-11-18)30-14(2)20(29)24-17-7-5-6-15(22)12-17/h5-14H,1-4H3,(H,24,29)/t13-,14-/m0/s1. The number of carbonyl (C=O) groups is 1. The van der Waals surface area contributed by atoms with E-state index in [1.165, 1.54) is 23.9 Å². The van der Waals surface area contributed by atoms with Crippen molar-refractivity contribution in [3.63, 3.8) is 0 Å². The molecule has 2 atom stereocenters. The summed E-state index contributed by atoms with van der Waals surface area (Å²) in [5.41, 5.74) is 1.45. The van der Waals surface area contributed by atoms with Crippen molar-refractivity contribution in [3.05, 3.63) is 64.6 Å². The van der Waals surface area contributed by atoms with E-state index in [9.17, 15) is 9.18 Å². The average molecular weight is 492 g/mol. The van der Waals surface area contributed by atoms with E-state index >= 15 is 0 Å². The van der Waals surface area contributed by atoms with Crippen molar-refractivity contribution in [1.29, 1.82) is 0 Å². The van der Waals surface area contributed by atoms with E-state index in [4.69, 9.17) is 0 Å². The van der Waals surface area contributed by atoms with E-state index in [-0.39, 0.29) is 17.8 Å². The molecular weight excluding hydrogens is 469 g/mol. The average Bonchev–Trinajstić information content (AvgIpc) is 3.11. The van der Waals surface area contributed by atoms with Gasteiger partial charge in [0.1, 0.15) is 5.82 Å². The van der Waals surface area contributed by atoms with Crippen molar-refractivity contribution in [3.8, 4) is 5.69 Å². The molecule has 1 aromatic heterocycles. The molecule has 30 heavy (non-hydrogen) atoms. The first-order valence-corrected chi connectivity index (χ1v) is 11.0. The minimum absolute atomic E-state index is 0.0253. The maximum atomic E-state index is 13.5. The minimum atomic E-state index is -0.421. The zero-order valence-corrected chi connectivity index (χ0v) is 19.5. The van der Waals surface area contributed by atoms with E-state index < -0.39 is 5.25 Å². The highest BCUT2D eigenvalue weighted by Crippen LogP contribution is 2.30. The molecule has 0 aliphatic heterocycles. The van der Waals surface area contributed by atoms with Crippen LogP contribution >= 0.6 is 27.7 Å². The summed E-state index contributed by atoms with van der Waals surface area (Å²) in [6.45, 7) is 3.83. The topological polar surface area (TPSA) is 63.1 Å². The Morgan fingerprint density at radius 2 is 1.87 bits per heavy atom. The fraction of sp³-hybridized carbons (Fsp3) is 0.286. The maximum Gasteiger partial charge on any atom is 0.237 e. The Morgan fingerprint density at radius 3 is 2.50 bits per heavy atom. The van der Waals surface area contributed by atoms with Gasteiger partial charge in [0, 0.05) is 15.8 Å². The molecule has 1 N–H and O–H groups in total. The predicted molar refractivity (Wildman–Crippen MR) is 122 cm³/mol. The summed E-state index contributed by atoms with van der Waals surface area (Å²) in [6.07, 6.45) is 0. The van der Waals surface area contributed by atoms with Gasteiger partial charge in [-0.3, -0.25) is 14.3 Å². The highest BCUT2D eigenvalue weighted by Gasteiger charge is 2.24. The molecule has 0 saturated heterocycles. The Morgan fingerprint density at radius 1 is 1.17 bits per heavy atom. The van der Waals surface area contributed by atoms with Gasteiger partial charge in [0.2, 0.25) is 5.91 Å². The molecule has 0 aliphatic carbocycles. The molecule has 0 radical (unpaired) electrons. The second kappa shape index (κ2) is 9.72. The van der Waals surface area contributed by atoms with E-state index in [1.54, 1.807) is 12.1 Å². The number of rotatable bonds is 7. The molecular formula is C21H23BrFN5OS. The first-order chi connectivity index (χ1) is 14.3. The first-order valence-electron chi connectivity index (χ1n) is 9.37. The molecule has 0 spiro atoms. The van der Waals surface area contributed by atoms with Crippen molar-refractivity contribution in [1.82, 2.24) is 19.7 Å². The van der Waals surface area contributed by atoms with Crippen LogP contribution in [0.5, 0.6) is 0 Å². The van der Waals surface area contributed by atoms with Crippen molar-refractivity contribution >= 4 is 39.3 Å². The minimum Gasteiger partial charge on any atom is -0.325 e. The van der Waals surface area contributed by atoms with Crippen molar-refractivity contribution < 1.29 is 9.18 Å². The lowest BCUT2D eigenvalue weighted by atomic mass is 10.2. The molecule has 0 aliphatic rings. The lowest BCUT2D eigenvalue weighted by Gasteiger charge is -2.21. The summed E-state index contributed by atoms with van der Waals surface area (Å²) in [5, 5.41) is 11.8. The largest absolute Gasteiger partial charge is 0.325 e. The molecule has 6 nitrogen and oxygen atoms in total. The van der Waals surface area contributed by atoms with Gasteiger partial charge in [-0.05, 0) is 70.4 Å². The van der Waals surface area contributed by atoms with Crippen LogP contribution in [0.15, 0.2) is 58.2 Å². The molecule has 9 heteroatoms. The van der Waals surface area contributed by atoms with Gasteiger partial charge in [0.25, 0.3) is 0 Å². The summed E-state index contributed by atoms with van der Waals surface area (Å²) in [7, 11) is 3.91. The number of benzene rings is 2. The molecule has 1 amide bonds. The van der Waals surface area contributed by atoms with Crippen molar-refractivity contribution in [2.24, 2.45) is 0 Å². The zero-order valence-electron chi connectivity index (χ0n) is 17.1. The van der Waals surface area contributed by atoms with Gasteiger partial charge < -0.3 is 5.32 Å². The molecule has 0 saturated carbocycles. The Bertz CT molecular complexity index is 1020. The highest BCUT2D eigenvalue weighted by molar-refractivity contribution is 9.10. The third-order valence-electron chi connectivity index (χ3n) is 4.64. The summed E-state index contributed by atoms with van der Waals surface area (Å²) in [4.78, 5) is 14.7. The summed E-state index contributed by atoms with van der Waals surface area (Å²) < 4.78 is 16.2. The van der Waals surface area contributed by atoms with Gasteiger partial charge in [-0.25, -0.2) is 4.39 Å². The van der Waals surface area contributed by atoms with Crippen LogP contribution in [0.3, 0.4) is 0 Å². The fourth-order valence-corrected chi connectivity index (χ4v) is 3.99. The van der Waals surface area contributed by atoms with Gasteiger partial charge in [-0.1, -0.05) is 33.8 Å². The normalized spacial score (nSPS) is 13.3. The van der Waals surface area contributed by atoms with Crippen LogP contribution in [-0.2, 0) is 4.79 Å². The summed E-state index contributed by atoms with van der Waals surface area (Å²) >= 11 is 4.71. The number of nitrogens with one attached hydrogen (secondary N) is 1. The van der Waals surface area contributed by atoms with Gasteiger partial charge >= 0.3 is 0 Å². The number of halogens is 2. The maximum absolute atomic E-state index is 13.5. The second-order valence-corrected chi connectivity index (χ2v) is 9.28.